The lowest BCUT2D eigenvalue weighted by atomic mass is 10.1. The molecule has 2 aromatic carbocycles. The number of hydrogen-bond acceptors (Lipinski definition) is 8. The molecule has 2 heterocycles. The third-order valence-corrected chi connectivity index (χ3v) is 5.57. The van der Waals surface area contributed by atoms with Crippen LogP contribution in [-0.2, 0) is 17.8 Å². The largest absolute Gasteiger partial charge is 0.491 e. The molecule has 0 saturated carbocycles. The fourth-order valence-corrected chi connectivity index (χ4v) is 4.02. The first-order valence-electron chi connectivity index (χ1n) is 11.2. The van der Waals surface area contributed by atoms with Crippen molar-refractivity contribution < 1.29 is 19.2 Å². The summed E-state index contributed by atoms with van der Waals surface area (Å²) < 4.78 is 11.2. The highest BCUT2D eigenvalue weighted by molar-refractivity contribution is 5.69. The summed E-state index contributed by atoms with van der Waals surface area (Å²) in [5.41, 5.74) is 4.31. The van der Waals surface area contributed by atoms with E-state index in [0.717, 1.165) is 24.2 Å². The molecule has 1 aliphatic heterocycles. The molecule has 0 fully saturated rings. The van der Waals surface area contributed by atoms with Crippen LogP contribution in [0.15, 0.2) is 40.9 Å². The monoisotopic (exact) mass is 461 g/mol. The Morgan fingerprint density at radius 2 is 2.15 bits per heavy atom. The van der Waals surface area contributed by atoms with E-state index in [2.05, 4.69) is 22.3 Å². The number of aliphatic carboxylic acids is 1. The number of carboxylic acids is 1. The van der Waals surface area contributed by atoms with E-state index in [4.69, 9.17) is 14.4 Å². The molecular formula is C25H27N5O4. The zero-order valence-electron chi connectivity index (χ0n) is 19.5. The lowest BCUT2D eigenvalue weighted by Gasteiger charge is -2.17. The van der Waals surface area contributed by atoms with E-state index < -0.39 is 5.97 Å². The van der Waals surface area contributed by atoms with Crippen molar-refractivity contribution >= 4 is 17.6 Å². The number of nitriles is 1. The smallest absolute Gasteiger partial charge is 0.304 e. The Hall–Kier alpha value is -3.90. The lowest BCUT2D eigenvalue weighted by molar-refractivity contribution is -0.137. The third-order valence-electron chi connectivity index (χ3n) is 5.57. The van der Waals surface area contributed by atoms with Gasteiger partial charge in [-0.2, -0.15) is 10.2 Å². The number of nitrogens with zero attached hydrogens (tertiary/aromatic N) is 5. The van der Waals surface area contributed by atoms with Crippen LogP contribution in [0.2, 0.25) is 0 Å². The molecule has 1 aromatic heterocycles. The summed E-state index contributed by atoms with van der Waals surface area (Å²) in [6, 6.07) is 13.6. The van der Waals surface area contributed by atoms with Gasteiger partial charge < -0.3 is 24.2 Å². The number of carbonyl (C=O) groups is 1. The Morgan fingerprint density at radius 3 is 2.88 bits per heavy atom. The van der Waals surface area contributed by atoms with Gasteiger partial charge in [-0.15, -0.1) is 0 Å². The fourth-order valence-electron chi connectivity index (χ4n) is 4.02. The molecule has 34 heavy (non-hydrogen) atoms. The number of carboxylic acid groups (broad SMARTS) is 1. The van der Waals surface area contributed by atoms with Crippen LogP contribution >= 0.6 is 0 Å². The van der Waals surface area contributed by atoms with Gasteiger partial charge in [0.15, 0.2) is 0 Å². The van der Waals surface area contributed by atoms with Crippen LogP contribution in [0.5, 0.6) is 5.75 Å². The van der Waals surface area contributed by atoms with Crippen molar-refractivity contribution in [3.05, 3.63) is 53.1 Å². The number of fused-ring (bicyclic) bond motifs is 1. The van der Waals surface area contributed by atoms with Crippen molar-refractivity contribution in [3.63, 3.8) is 0 Å². The van der Waals surface area contributed by atoms with E-state index in [1.54, 1.807) is 18.2 Å². The molecule has 9 nitrogen and oxygen atoms in total. The van der Waals surface area contributed by atoms with Crippen LogP contribution < -0.4 is 9.64 Å². The van der Waals surface area contributed by atoms with Crippen LogP contribution in [0.4, 0.5) is 11.6 Å². The molecule has 1 N–H and O–H groups in total. The van der Waals surface area contributed by atoms with Gasteiger partial charge in [0.25, 0.3) is 11.8 Å². The van der Waals surface area contributed by atoms with Crippen LogP contribution in [0, 0.1) is 11.3 Å². The zero-order valence-corrected chi connectivity index (χ0v) is 19.5. The highest BCUT2D eigenvalue weighted by atomic mass is 16.5. The Bertz CT molecular complexity index is 1230. The van der Waals surface area contributed by atoms with E-state index in [1.807, 2.05) is 42.8 Å². The maximum Gasteiger partial charge on any atom is 0.304 e. The first kappa shape index (κ1) is 23.3. The highest BCUT2D eigenvalue weighted by Crippen LogP contribution is 2.35. The average molecular weight is 462 g/mol. The average Bonchev–Trinajstić information content (AvgIpc) is 3.44. The Morgan fingerprint density at radius 1 is 1.32 bits per heavy atom. The molecule has 0 amide bonds. The first-order valence-corrected chi connectivity index (χ1v) is 11.2. The van der Waals surface area contributed by atoms with Gasteiger partial charge in [-0.05, 0) is 67.9 Å². The van der Waals surface area contributed by atoms with E-state index in [1.165, 1.54) is 5.56 Å². The van der Waals surface area contributed by atoms with Crippen molar-refractivity contribution in [1.82, 2.24) is 15.0 Å². The SMILES string of the molecule is CC(C)Oc1ccc(-c2nc(N3CCc4cc(CN(C)CCC(=O)O)ccc43)no2)c(C#N)c1. The summed E-state index contributed by atoms with van der Waals surface area (Å²) >= 11 is 0. The summed E-state index contributed by atoms with van der Waals surface area (Å²) in [6.07, 6.45) is 0.973. The van der Waals surface area contributed by atoms with Gasteiger partial charge >= 0.3 is 5.97 Å². The summed E-state index contributed by atoms with van der Waals surface area (Å²) in [4.78, 5) is 19.4. The topological polar surface area (TPSA) is 116 Å². The second kappa shape index (κ2) is 9.93. The summed E-state index contributed by atoms with van der Waals surface area (Å²) in [5.74, 6) is 0.560. The Balaban J connectivity index is 1.51. The molecule has 176 valence electrons. The van der Waals surface area contributed by atoms with E-state index in [9.17, 15) is 10.1 Å². The maximum atomic E-state index is 10.8. The summed E-state index contributed by atoms with van der Waals surface area (Å²) in [5, 5.41) is 22.6. The normalized spacial score (nSPS) is 12.8. The van der Waals surface area contributed by atoms with E-state index in [-0.39, 0.29) is 18.4 Å². The molecule has 0 atom stereocenters. The number of benzene rings is 2. The summed E-state index contributed by atoms with van der Waals surface area (Å²) in [6.45, 7) is 5.76. The van der Waals surface area contributed by atoms with Crippen LogP contribution in [0.1, 0.15) is 37.0 Å². The Kier molecular flexibility index (Phi) is 6.80. The van der Waals surface area contributed by atoms with Gasteiger partial charge in [-0.3, -0.25) is 4.79 Å². The van der Waals surface area contributed by atoms with Gasteiger partial charge in [-0.25, -0.2) is 0 Å². The molecule has 9 heteroatoms. The maximum absolute atomic E-state index is 10.8. The molecule has 0 spiro atoms. The van der Waals surface area contributed by atoms with Crippen LogP contribution in [-0.4, -0.2) is 52.4 Å². The van der Waals surface area contributed by atoms with Gasteiger partial charge in [0.2, 0.25) is 0 Å². The molecular weight excluding hydrogens is 434 g/mol. The number of anilines is 2. The molecule has 1 aliphatic rings. The van der Waals surface area contributed by atoms with Crippen molar-refractivity contribution in [2.75, 3.05) is 25.0 Å². The first-order chi connectivity index (χ1) is 16.3. The Labute approximate surface area is 198 Å². The van der Waals surface area contributed by atoms with Gasteiger partial charge in [0.05, 0.1) is 23.7 Å². The van der Waals surface area contributed by atoms with Crippen LogP contribution in [0.25, 0.3) is 11.5 Å². The molecule has 3 aromatic rings. The standard InChI is InChI=1S/C25H27N5O4/c1-16(2)33-20-5-6-21(19(13-20)14-26)24-27-25(28-34-24)30-11-8-18-12-17(4-7-22(18)30)15-29(3)10-9-23(31)32/h4-7,12-13,16H,8-11,15H2,1-3H3,(H,31,32). The van der Waals surface area contributed by atoms with Crippen molar-refractivity contribution in [3.8, 4) is 23.3 Å². The number of aromatic nitrogens is 2. The highest BCUT2D eigenvalue weighted by Gasteiger charge is 2.25. The molecule has 0 radical (unpaired) electrons. The molecule has 0 bridgehead atoms. The van der Waals surface area contributed by atoms with E-state index >= 15 is 0 Å². The van der Waals surface area contributed by atoms with E-state index in [0.29, 0.717) is 35.9 Å². The second-order valence-corrected chi connectivity index (χ2v) is 8.63. The molecule has 4 rings (SSSR count). The van der Waals surface area contributed by atoms with Gasteiger partial charge in [0, 0.05) is 25.3 Å². The summed E-state index contributed by atoms with van der Waals surface area (Å²) in [7, 11) is 1.92. The minimum Gasteiger partial charge on any atom is -0.491 e. The number of hydrogen-bond donors (Lipinski definition) is 1. The predicted octanol–water partition coefficient (Wildman–Crippen LogP) is 4.00. The zero-order chi connectivity index (χ0) is 24.2. The van der Waals surface area contributed by atoms with Gasteiger partial charge in [0.1, 0.15) is 11.8 Å². The van der Waals surface area contributed by atoms with Crippen molar-refractivity contribution in [2.24, 2.45) is 0 Å². The lowest BCUT2D eigenvalue weighted by Crippen LogP contribution is -2.21. The van der Waals surface area contributed by atoms with Crippen LogP contribution in [0.3, 0.4) is 0 Å². The quantitative estimate of drug-likeness (QED) is 0.505. The predicted molar refractivity (Wildman–Crippen MR) is 126 cm³/mol. The molecule has 0 unspecified atom stereocenters. The molecule has 0 saturated heterocycles. The number of ether oxygens (including phenoxy) is 1. The fraction of sp³-hybridized carbons (Fsp3) is 0.360. The number of rotatable bonds is 9. The van der Waals surface area contributed by atoms with Gasteiger partial charge in [-0.1, -0.05) is 12.1 Å². The van der Waals surface area contributed by atoms with Crippen molar-refractivity contribution in [2.45, 2.75) is 39.3 Å². The third kappa shape index (κ3) is 5.18. The van der Waals surface area contributed by atoms with Crippen molar-refractivity contribution in [1.29, 1.82) is 5.26 Å². The minimum atomic E-state index is -0.794. The molecule has 0 aliphatic carbocycles. The second-order valence-electron chi connectivity index (χ2n) is 8.63. The minimum absolute atomic E-state index is 0.00768.